The van der Waals surface area contributed by atoms with E-state index in [9.17, 15) is 4.39 Å². The number of nitrogens with zero attached hydrogens (tertiary/aromatic N) is 4. The highest BCUT2D eigenvalue weighted by molar-refractivity contribution is 6.31. The van der Waals surface area contributed by atoms with E-state index >= 15 is 0 Å². The van der Waals surface area contributed by atoms with E-state index in [1.54, 1.807) is 18.3 Å². The van der Waals surface area contributed by atoms with Gasteiger partial charge in [-0.05, 0) is 25.0 Å². The van der Waals surface area contributed by atoms with Crippen LogP contribution in [-0.2, 0) is 0 Å². The predicted octanol–water partition coefficient (Wildman–Crippen LogP) is 4.10. The van der Waals surface area contributed by atoms with Crippen molar-refractivity contribution in [3.8, 4) is 17.5 Å². The van der Waals surface area contributed by atoms with Gasteiger partial charge in [0.25, 0.3) is 0 Å². The molecule has 1 aliphatic carbocycles. The number of rotatable bonds is 2. The average molecular weight is 313 g/mol. The maximum Gasteiger partial charge on any atom is 0.144 e. The van der Waals surface area contributed by atoms with Crippen LogP contribution in [0.15, 0.2) is 30.6 Å². The summed E-state index contributed by atoms with van der Waals surface area (Å²) in [6, 6.07) is 7.12. The lowest BCUT2D eigenvalue weighted by Gasteiger charge is -2.07. The molecular weight excluding hydrogens is 303 g/mol. The van der Waals surface area contributed by atoms with Crippen molar-refractivity contribution >= 4 is 22.6 Å². The topological polar surface area (TPSA) is 54.5 Å². The zero-order chi connectivity index (χ0) is 15.3. The van der Waals surface area contributed by atoms with Gasteiger partial charge in [-0.15, -0.1) is 0 Å². The lowest BCUT2D eigenvalue weighted by atomic mass is 10.2. The molecule has 1 aromatic carbocycles. The monoisotopic (exact) mass is 312 g/mol. The van der Waals surface area contributed by atoms with Gasteiger partial charge in [0.1, 0.15) is 17.7 Å². The Balaban J connectivity index is 2.00. The quantitative estimate of drug-likeness (QED) is 0.716. The van der Waals surface area contributed by atoms with Crippen molar-refractivity contribution in [3.63, 3.8) is 0 Å². The fourth-order valence-electron chi connectivity index (χ4n) is 2.62. The van der Waals surface area contributed by atoms with Gasteiger partial charge in [0, 0.05) is 30.1 Å². The molecular formula is C16H10ClFN4. The van der Waals surface area contributed by atoms with Crippen LogP contribution in [0, 0.1) is 17.1 Å². The second kappa shape index (κ2) is 4.79. The molecule has 6 heteroatoms. The number of hydrogen-bond acceptors (Lipinski definition) is 3. The highest BCUT2D eigenvalue weighted by Gasteiger charge is 2.29. The second-order valence-corrected chi connectivity index (χ2v) is 5.77. The fourth-order valence-corrected chi connectivity index (χ4v) is 2.78. The van der Waals surface area contributed by atoms with Crippen molar-refractivity contribution < 1.29 is 4.39 Å². The minimum Gasteiger partial charge on any atom is -0.321 e. The van der Waals surface area contributed by atoms with Crippen molar-refractivity contribution in [2.45, 2.75) is 18.9 Å². The minimum absolute atomic E-state index is 0.0877. The summed E-state index contributed by atoms with van der Waals surface area (Å²) < 4.78 is 15.8. The van der Waals surface area contributed by atoms with E-state index in [0.29, 0.717) is 22.9 Å². The Hall–Kier alpha value is -2.45. The molecule has 0 saturated heterocycles. The molecule has 0 N–H and O–H groups in total. The zero-order valence-corrected chi connectivity index (χ0v) is 12.2. The number of benzene rings is 1. The van der Waals surface area contributed by atoms with Gasteiger partial charge >= 0.3 is 0 Å². The average Bonchev–Trinajstić information content (AvgIpc) is 3.30. The highest BCUT2D eigenvalue weighted by atomic mass is 35.5. The van der Waals surface area contributed by atoms with Gasteiger partial charge in [0.05, 0.1) is 21.6 Å². The number of hydrogen-bond donors (Lipinski definition) is 0. The van der Waals surface area contributed by atoms with Crippen LogP contribution in [0.5, 0.6) is 0 Å². The first-order chi connectivity index (χ1) is 10.7. The molecule has 0 aliphatic heterocycles. The number of imidazole rings is 1. The van der Waals surface area contributed by atoms with Gasteiger partial charge in [-0.25, -0.2) is 9.37 Å². The lowest BCUT2D eigenvalue weighted by molar-refractivity contribution is 0.629. The van der Waals surface area contributed by atoms with Gasteiger partial charge in [0.2, 0.25) is 0 Å². The molecule has 22 heavy (non-hydrogen) atoms. The van der Waals surface area contributed by atoms with Crippen LogP contribution < -0.4 is 0 Å². The van der Waals surface area contributed by atoms with Crippen LogP contribution in [0.3, 0.4) is 0 Å². The maximum atomic E-state index is 13.7. The summed E-state index contributed by atoms with van der Waals surface area (Å²) in [5.41, 5.74) is 2.59. The van der Waals surface area contributed by atoms with Crippen LogP contribution in [0.25, 0.3) is 22.4 Å². The lowest BCUT2D eigenvalue weighted by Crippen LogP contribution is -1.98. The molecule has 4 nitrogen and oxygen atoms in total. The Bertz CT molecular complexity index is 937. The molecule has 0 unspecified atom stereocenters. The van der Waals surface area contributed by atoms with Crippen molar-refractivity contribution in [3.05, 3.63) is 47.0 Å². The maximum absolute atomic E-state index is 13.7. The van der Waals surface area contributed by atoms with E-state index in [1.807, 2.05) is 0 Å². The Labute approximate surface area is 130 Å². The summed E-state index contributed by atoms with van der Waals surface area (Å²) in [5.74, 6) is 0.217. The number of nitriles is 1. The van der Waals surface area contributed by atoms with Gasteiger partial charge in [-0.1, -0.05) is 11.6 Å². The molecule has 2 aromatic heterocycles. The summed E-state index contributed by atoms with van der Waals surface area (Å²) in [4.78, 5) is 8.62. The predicted molar refractivity (Wildman–Crippen MR) is 80.9 cm³/mol. The van der Waals surface area contributed by atoms with Crippen LogP contribution in [0.1, 0.15) is 24.4 Å². The third kappa shape index (κ3) is 2.04. The summed E-state index contributed by atoms with van der Waals surface area (Å²) in [7, 11) is 0. The minimum atomic E-state index is -0.481. The van der Waals surface area contributed by atoms with Gasteiger partial charge in [-0.2, -0.15) is 5.26 Å². The van der Waals surface area contributed by atoms with Crippen LogP contribution in [0.2, 0.25) is 5.02 Å². The molecule has 3 aromatic rings. The molecule has 0 atom stereocenters. The number of halogens is 2. The highest BCUT2D eigenvalue weighted by Crippen LogP contribution is 2.41. The van der Waals surface area contributed by atoms with E-state index in [0.717, 1.165) is 23.9 Å². The van der Waals surface area contributed by atoms with E-state index in [2.05, 4.69) is 20.6 Å². The van der Waals surface area contributed by atoms with Crippen LogP contribution >= 0.6 is 11.6 Å². The molecule has 1 saturated carbocycles. The van der Waals surface area contributed by atoms with Crippen LogP contribution in [-0.4, -0.2) is 14.5 Å². The van der Waals surface area contributed by atoms with E-state index < -0.39 is 5.82 Å². The molecule has 0 bridgehead atoms. The second-order valence-electron chi connectivity index (χ2n) is 5.37. The van der Waals surface area contributed by atoms with E-state index in [1.165, 1.54) is 12.3 Å². The first-order valence-corrected chi connectivity index (χ1v) is 7.27. The largest absolute Gasteiger partial charge is 0.321 e. The SMILES string of the molecule is N#Cc1cncc(-c2nc3cc(F)c(Cl)cc3n2C2CC2)c1. The summed E-state index contributed by atoms with van der Waals surface area (Å²) in [6.45, 7) is 0. The van der Waals surface area contributed by atoms with Crippen molar-refractivity contribution in [2.75, 3.05) is 0 Å². The molecule has 108 valence electrons. The van der Waals surface area contributed by atoms with Gasteiger partial charge in [-0.3, -0.25) is 4.98 Å². The molecule has 0 spiro atoms. The van der Waals surface area contributed by atoms with E-state index in [-0.39, 0.29) is 5.02 Å². The number of fused-ring (bicyclic) bond motifs is 1. The van der Waals surface area contributed by atoms with Crippen molar-refractivity contribution in [1.29, 1.82) is 5.26 Å². The van der Waals surface area contributed by atoms with Crippen molar-refractivity contribution in [2.24, 2.45) is 0 Å². The first kappa shape index (κ1) is 13.2. The third-order valence-electron chi connectivity index (χ3n) is 3.77. The van der Waals surface area contributed by atoms with Gasteiger partial charge in [0.15, 0.2) is 0 Å². The molecule has 1 fully saturated rings. The molecule has 4 rings (SSSR count). The molecule has 2 heterocycles. The Morgan fingerprint density at radius 3 is 2.82 bits per heavy atom. The van der Waals surface area contributed by atoms with Crippen LogP contribution in [0.4, 0.5) is 4.39 Å². The van der Waals surface area contributed by atoms with Gasteiger partial charge < -0.3 is 4.57 Å². The Morgan fingerprint density at radius 2 is 2.09 bits per heavy atom. The normalized spacial score (nSPS) is 14.2. The standard InChI is InChI=1S/C16H10ClFN4/c17-12-4-15-14(5-13(12)18)21-16(22(15)11-1-2-11)10-3-9(6-19)7-20-8-10/h3-5,7-8,11H,1-2H2. The molecule has 1 aliphatic rings. The van der Waals surface area contributed by atoms with Crippen molar-refractivity contribution in [1.82, 2.24) is 14.5 Å². The Kier molecular flexibility index (Phi) is 2.88. The Morgan fingerprint density at radius 1 is 1.27 bits per heavy atom. The smallest absolute Gasteiger partial charge is 0.144 e. The summed E-state index contributed by atoms with van der Waals surface area (Å²) >= 11 is 5.92. The van der Waals surface area contributed by atoms with E-state index in [4.69, 9.17) is 16.9 Å². The summed E-state index contributed by atoms with van der Waals surface area (Å²) in [5, 5.41) is 9.12. The molecule has 0 amide bonds. The first-order valence-electron chi connectivity index (χ1n) is 6.90. The summed E-state index contributed by atoms with van der Waals surface area (Å²) in [6.07, 6.45) is 5.28. The third-order valence-corrected chi connectivity index (χ3v) is 4.06. The number of aromatic nitrogens is 3. The number of pyridine rings is 1. The zero-order valence-electron chi connectivity index (χ0n) is 11.4. The fraction of sp³-hybridized carbons (Fsp3) is 0.188. The molecule has 0 radical (unpaired) electrons.